The summed E-state index contributed by atoms with van der Waals surface area (Å²) in [6.07, 6.45) is 0. The number of fused-ring (bicyclic) bond motifs is 1. The molecule has 1 aliphatic rings. The molecule has 0 amide bonds. The molecule has 1 heterocycles. The van der Waals surface area contributed by atoms with E-state index in [9.17, 15) is 4.79 Å². The third-order valence-electron chi connectivity index (χ3n) is 3.56. The number of esters is 1. The molecule has 0 saturated heterocycles. The Hall–Kier alpha value is -2.24. The third-order valence-corrected chi connectivity index (χ3v) is 4.12. The largest absolute Gasteiger partial charge is 0.464 e. The molecular formula is C18H15ClN2O2S. The Morgan fingerprint density at radius 1 is 1.29 bits per heavy atom. The SMILES string of the molecule is CCOC(=O)C1N=C(c2ccccc2)c2cc(Cl)ccc2NC1=S. The fourth-order valence-corrected chi connectivity index (χ4v) is 2.92. The van der Waals surface area contributed by atoms with Crippen molar-refractivity contribution in [2.45, 2.75) is 13.0 Å². The molecule has 1 atom stereocenters. The average molecular weight is 359 g/mol. The number of carbonyl (C=O) groups excluding carboxylic acids is 1. The van der Waals surface area contributed by atoms with E-state index in [2.05, 4.69) is 10.3 Å². The smallest absolute Gasteiger partial charge is 0.337 e. The van der Waals surface area contributed by atoms with Crippen LogP contribution in [0.3, 0.4) is 0 Å². The highest BCUT2D eigenvalue weighted by Gasteiger charge is 2.29. The number of benzodiazepines with no additional fused rings is 1. The van der Waals surface area contributed by atoms with Crippen LogP contribution in [0.25, 0.3) is 0 Å². The minimum atomic E-state index is -0.888. The number of thiocarbonyl (C=S) groups is 1. The molecule has 1 N–H and O–H groups in total. The molecule has 24 heavy (non-hydrogen) atoms. The molecule has 2 aromatic carbocycles. The highest BCUT2D eigenvalue weighted by molar-refractivity contribution is 7.80. The quantitative estimate of drug-likeness (QED) is 0.668. The minimum Gasteiger partial charge on any atom is -0.464 e. The first-order valence-corrected chi connectivity index (χ1v) is 8.29. The Morgan fingerprint density at radius 3 is 2.75 bits per heavy atom. The van der Waals surface area contributed by atoms with Gasteiger partial charge in [-0.3, -0.25) is 4.99 Å². The van der Waals surface area contributed by atoms with Gasteiger partial charge < -0.3 is 10.1 Å². The van der Waals surface area contributed by atoms with Crippen LogP contribution in [-0.2, 0) is 9.53 Å². The second-order valence-corrected chi connectivity index (χ2v) is 6.05. The Labute approximate surface area is 150 Å². The van der Waals surface area contributed by atoms with Crippen LogP contribution in [0.2, 0.25) is 5.02 Å². The highest BCUT2D eigenvalue weighted by atomic mass is 35.5. The molecule has 0 aromatic heterocycles. The van der Waals surface area contributed by atoms with Crippen LogP contribution in [0.1, 0.15) is 18.1 Å². The minimum absolute atomic E-state index is 0.271. The summed E-state index contributed by atoms with van der Waals surface area (Å²) < 4.78 is 5.11. The standard InChI is InChI=1S/C18H15ClN2O2S/c1-2-23-18(22)16-17(24)20-14-9-8-12(19)10-13(14)15(21-16)11-6-4-3-5-7-11/h3-10,16H,2H2,1H3,(H,20,24). The second kappa shape index (κ2) is 7.11. The van der Waals surface area contributed by atoms with Crippen molar-refractivity contribution < 1.29 is 9.53 Å². The number of anilines is 1. The predicted molar refractivity (Wildman–Crippen MR) is 100 cm³/mol. The Morgan fingerprint density at radius 2 is 2.04 bits per heavy atom. The number of benzene rings is 2. The molecule has 1 unspecified atom stereocenters. The van der Waals surface area contributed by atoms with Crippen LogP contribution in [0, 0.1) is 0 Å². The summed E-state index contributed by atoms with van der Waals surface area (Å²) >= 11 is 11.5. The first-order valence-electron chi connectivity index (χ1n) is 7.51. The fourth-order valence-electron chi connectivity index (χ4n) is 2.49. The van der Waals surface area contributed by atoms with Gasteiger partial charge in [-0.25, -0.2) is 4.79 Å². The summed E-state index contributed by atoms with van der Waals surface area (Å²) in [5, 5.41) is 3.68. The number of nitrogens with one attached hydrogen (secondary N) is 1. The van der Waals surface area contributed by atoms with Crippen molar-refractivity contribution >= 4 is 46.2 Å². The Balaban J connectivity index is 2.18. The highest BCUT2D eigenvalue weighted by Crippen LogP contribution is 2.27. The molecule has 122 valence electrons. The lowest BCUT2D eigenvalue weighted by atomic mass is 10.0. The van der Waals surface area contributed by atoms with E-state index in [0.717, 1.165) is 16.8 Å². The summed E-state index contributed by atoms with van der Waals surface area (Å²) in [4.78, 5) is 17.2. The van der Waals surface area contributed by atoms with E-state index < -0.39 is 12.0 Å². The number of hydrogen-bond donors (Lipinski definition) is 1. The van der Waals surface area contributed by atoms with Crippen molar-refractivity contribution in [3.63, 3.8) is 0 Å². The molecule has 0 bridgehead atoms. The van der Waals surface area contributed by atoms with Crippen molar-refractivity contribution in [2.75, 3.05) is 11.9 Å². The van der Waals surface area contributed by atoms with Gasteiger partial charge in [-0.1, -0.05) is 54.2 Å². The van der Waals surface area contributed by atoms with E-state index in [-0.39, 0.29) is 6.61 Å². The molecule has 0 radical (unpaired) electrons. The summed E-state index contributed by atoms with van der Waals surface area (Å²) in [6.45, 7) is 2.02. The molecule has 2 aromatic rings. The van der Waals surface area contributed by atoms with Crippen LogP contribution in [0.5, 0.6) is 0 Å². The lowest BCUT2D eigenvalue weighted by molar-refractivity contribution is -0.142. The number of aliphatic imine (C=N–C) groups is 1. The second-order valence-electron chi connectivity index (χ2n) is 5.18. The Bertz CT molecular complexity index is 821. The zero-order chi connectivity index (χ0) is 17.1. The van der Waals surface area contributed by atoms with Crippen molar-refractivity contribution in [3.05, 3.63) is 64.7 Å². The van der Waals surface area contributed by atoms with Gasteiger partial charge in [0.05, 0.1) is 12.3 Å². The molecule has 3 rings (SSSR count). The third kappa shape index (κ3) is 3.32. The van der Waals surface area contributed by atoms with Gasteiger partial charge in [0.15, 0.2) is 6.04 Å². The lowest BCUT2D eigenvalue weighted by Crippen LogP contribution is -2.33. The van der Waals surface area contributed by atoms with Crippen molar-refractivity contribution in [1.29, 1.82) is 0 Å². The van der Waals surface area contributed by atoms with Gasteiger partial charge in [0.2, 0.25) is 0 Å². The molecule has 0 fully saturated rings. The predicted octanol–water partition coefficient (Wildman–Crippen LogP) is 3.86. The number of rotatable bonds is 3. The van der Waals surface area contributed by atoms with E-state index in [1.165, 1.54) is 0 Å². The van der Waals surface area contributed by atoms with Gasteiger partial charge in [-0.15, -0.1) is 0 Å². The number of halogens is 1. The van der Waals surface area contributed by atoms with Crippen LogP contribution in [0.4, 0.5) is 5.69 Å². The number of hydrogen-bond acceptors (Lipinski definition) is 4. The van der Waals surface area contributed by atoms with Gasteiger partial charge >= 0.3 is 5.97 Å². The molecular weight excluding hydrogens is 344 g/mol. The maximum atomic E-state index is 12.3. The first-order chi connectivity index (χ1) is 11.6. The van der Waals surface area contributed by atoms with Crippen LogP contribution < -0.4 is 5.32 Å². The molecule has 1 aliphatic heterocycles. The maximum Gasteiger partial charge on any atom is 0.337 e. The number of ether oxygens (including phenoxy) is 1. The van der Waals surface area contributed by atoms with Crippen molar-refractivity contribution in [2.24, 2.45) is 4.99 Å². The normalized spacial score (nSPS) is 16.5. The van der Waals surface area contributed by atoms with Gasteiger partial charge in [0.1, 0.15) is 4.99 Å². The molecule has 0 aliphatic carbocycles. The summed E-state index contributed by atoms with van der Waals surface area (Å²) in [5.74, 6) is -0.470. The van der Waals surface area contributed by atoms with Gasteiger partial charge in [-0.2, -0.15) is 0 Å². The van der Waals surface area contributed by atoms with Crippen LogP contribution in [0.15, 0.2) is 53.5 Å². The molecule has 6 heteroatoms. The van der Waals surface area contributed by atoms with E-state index in [1.807, 2.05) is 42.5 Å². The van der Waals surface area contributed by atoms with E-state index in [0.29, 0.717) is 15.7 Å². The fraction of sp³-hybridized carbons (Fsp3) is 0.167. The van der Waals surface area contributed by atoms with E-state index in [1.54, 1.807) is 13.0 Å². The monoisotopic (exact) mass is 358 g/mol. The van der Waals surface area contributed by atoms with Crippen LogP contribution in [-0.4, -0.2) is 29.3 Å². The Kier molecular flexibility index (Phi) is 4.92. The van der Waals surface area contributed by atoms with E-state index >= 15 is 0 Å². The first kappa shape index (κ1) is 16.6. The summed E-state index contributed by atoms with van der Waals surface area (Å²) in [5.41, 5.74) is 3.09. The van der Waals surface area contributed by atoms with Crippen LogP contribution >= 0.6 is 23.8 Å². The van der Waals surface area contributed by atoms with Crippen molar-refractivity contribution in [3.8, 4) is 0 Å². The summed E-state index contributed by atoms with van der Waals surface area (Å²) in [7, 11) is 0. The summed E-state index contributed by atoms with van der Waals surface area (Å²) in [6, 6.07) is 14.1. The number of nitrogens with zero attached hydrogens (tertiary/aromatic N) is 1. The molecule has 0 saturated carbocycles. The topological polar surface area (TPSA) is 50.7 Å². The maximum absolute atomic E-state index is 12.3. The number of carbonyl (C=O) groups is 1. The molecule has 0 spiro atoms. The van der Waals surface area contributed by atoms with Gasteiger partial charge in [-0.05, 0) is 25.1 Å². The van der Waals surface area contributed by atoms with Gasteiger partial charge in [0.25, 0.3) is 0 Å². The lowest BCUT2D eigenvalue weighted by Gasteiger charge is -2.12. The van der Waals surface area contributed by atoms with Crippen molar-refractivity contribution in [1.82, 2.24) is 0 Å². The zero-order valence-corrected chi connectivity index (χ0v) is 14.5. The zero-order valence-electron chi connectivity index (χ0n) is 13.0. The average Bonchev–Trinajstić information content (AvgIpc) is 2.72. The van der Waals surface area contributed by atoms with E-state index in [4.69, 9.17) is 28.6 Å². The molecule has 4 nitrogen and oxygen atoms in total. The van der Waals surface area contributed by atoms with Gasteiger partial charge in [0, 0.05) is 21.8 Å².